The van der Waals surface area contributed by atoms with Crippen LogP contribution in [0.3, 0.4) is 0 Å². The molecule has 0 bridgehead atoms. The van der Waals surface area contributed by atoms with Crippen LogP contribution >= 0.6 is 0 Å². The lowest BCUT2D eigenvalue weighted by molar-refractivity contribution is -0.147. The summed E-state index contributed by atoms with van der Waals surface area (Å²) in [5.41, 5.74) is 1.89. The summed E-state index contributed by atoms with van der Waals surface area (Å²) in [6, 6.07) is 10.0. The zero-order valence-corrected chi connectivity index (χ0v) is 16.0. The number of hydrogen-bond acceptors (Lipinski definition) is 4. The lowest BCUT2D eigenvalue weighted by atomic mass is 10.1. The minimum Gasteiger partial charge on any atom is -0.508 e. The van der Waals surface area contributed by atoms with Crippen LogP contribution in [0.25, 0.3) is 10.9 Å². The van der Waals surface area contributed by atoms with Crippen LogP contribution in [0.5, 0.6) is 5.75 Å². The van der Waals surface area contributed by atoms with Gasteiger partial charge in [-0.1, -0.05) is 13.0 Å². The van der Waals surface area contributed by atoms with Gasteiger partial charge < -0.3 is 9.84 Å². The molecule has 0 amide bonds. The van der Waals surface area contributed by atoms with Crippen LogP contribution in [0.15, 0.2) is 42.5 Å². The van der Waals surface area contributed by atoms with Crippen molar-refractivity contribution in [2.45, 2.75) is 39.7 Å². The summed E-state index contributed by atoms with van der Waals surface area (Å²) in [6.07, 6.45) is 0.466. The summed E-state index contributed by atoms with van der Waals surface area (Å²) in [5.74, 6) is -1.29. The van der Waals surface area contributed by atoms with Gasteiger partial charge >= 0.3 is 5.97 Å². The predicted molar refractivity (Wildman–Crippen MR) is 104 cm³/mol. The maximum atomic E-state index is 13.6. The largest absolute Gasteiger partial charge is 0.508 e. The fraction of sp³-hybridized carbons (Fsp3) is 0.273. The highest BCUT2D eigenvalue weighted by Gasteiger charge is 2.23. The molecule has 28 heavy (non-hydrogen) atoms. The number of aromatic hydroxyl groups is 1. The maximum Gasteiger partial charge on any atom is 0.310 e. The first kappa shape index (κ1) is 19.6. The van der Waals surface area contributed by atoms with Crippen LogP contribution in [-0.2, 0) is 16.0 Å². The summed E-state index contributed by atoms with van der Waals surface area (Å²) < 4.78 is 20.4. The number of aromatic nitrogens is 1. The van der Waals surface area contributed by atoms with Gasteiger partial charge in [-0.2, -0.15) is 0 Å². The van der Waals surface area contributed by atoms with Gasteiger partial charge in [0.2, 0.25) is 0 Å². The van der Waals surface area contributed by atoms with E-state index in [-0.39, 0.29) is 23.8 Å². The Labute approximate surface area is 162 Å². The molecule has 146 valence electrons. The zero-order valence-electron chi connectivity index (χ0n) is 16.0. The Hall–Kier alpha value is -3.15. The van der Waals surface area contributed by atoms with Crippen molar-refractivity contribution in [3.8, 4) is 5.75 Å². The minimum absolute atomic E-state index is 0.0272. The molecular formula is C22H22FNO4. The monoisotopic (exact) mass is 383 g/mol. The van der Waals surface area contributed by atoms with Gasteiger partial charge in [0.15, 0.2) is 0 Å². The third-order valence-electron chi connectivity index (χ3n) is 4.82. The highest BCUT2D eigenvalue weighted by atomic mass is 19.1. The van der Waals surface area contributed by atoms with Crippen molar-refractivity contribution in [3.63, 3.8) is 0 Å². The summed E-state index contributed by atoms with van der Waals surface area (Å²) in [7, 11) is 0. The molecule has 0 unspecified atom stereocenters. The second-order valence-corrected chi connectivity index (χ2v) is 6.80. The van der Waals surface area contributed by atoms with Crippen molar-refractivity contribution in [1.82, 2.24) is 4.57 Å². The van der Waals surface area contributed by atoms with E-state index in [0.717, 1.165) is 0 Å². The van der Waals surface area contributed by atoms with Crippen molar-refractivity contribution in [2.75, 3.05) is 0 Å². The van der Waals surface area contributed by atoms with Gasteiger partial charge in [0.1, 0.15) is 11.6 Å². The van der Waals surface area contributed by atoms with E-state index in [1.807, 2.05) is 13.8 Å². The van der Waals surface area contributed by atoms with Gasteiger partial charge in [-0.05, 0) is 62.2 Å². The highest BCUT2D eigenvalue weighted by Crippen LogP contribution is 2.30. The van der Waals surface area contributed by atoms with E-state index in [9.17, 15) is 19.1 Å². The molecule has 5 nitrogen and oxygen atoms in total. The van der Waals surface area contributed by atoms with Crippen LogP contribution in [-0.4, -0.2) is 27.7 Å². The number of phenolic OH excluding ortho intramolecular Hbond substituents is 1. The molecule has 1 heterocycles. The molecule has 0 saturated carbocycles. The average Bonchev–Trinajstić information content (AvgIpc) is 2.92. The molecule has 1 atom stereocenters. The van der Waals surface area contributed by atoms with E-state index in [2.05, 4.69) is 0 Å². The zero-order chi connectivity index (χ0) is 20.4. The number of benzene rings is 2. The number of carbonyl (C=O) groups excluding carboxylic acids is 2. The van der Waals surface area contributed by atoms with Crippen LogP contribution in [0.1, 0.15) is 41.9 Å². The number of esters is 1. The molecule has 6 heteroatoms. The molecule has 0 aliphatic rings. The molecule has 0 radical (unpaired) electrons. The van der Waals surface area contributed by atoms with Gasteiger partial charge in [-0.15, -0.1) is 0 Å². The summed E-state index contributed by atoms with van der Waals surface area (Å²) in [5, 5.41) is 10.5. The highest BCUT2D eigenvalue weighted by molar-refractivity contribution is 6.04. The predicted octanol–water partition coefficient (Wildman–Crippen LogP) is 4.37. The number of ether oxygens (including phenoxy) is 1. The van der Waals surface area contributed by atoms with Crippen LogP contribution in [0.2, 0.25) is 0 Å². The molecular weight excluding hydrogens is 361 g/mol. The first-order chi connectivity index (χ1) is 13.3. The molecule has 0 fully saturated rings. The lowest BCUT2D eigenvalue weighted by Gasteiger charge is -2.11. The Kier molecular flexibility index (Phi) is 5.49. The average molecular weight is 383 g/mol. The van der Waals surface area contributed by atoms with Gasteiger partial charge in [-0.3, -0.25) is 14.2 Å². The van der Waals surface area contributed by atoms with Gasteiger partial charge in [0.05, 0.1) is 18.0 Å². The van der Waals surface area contributed by atoms with Crippen LogP contribution in [0.4, 0.5) is 4.39 Å². The summed E-state index contributed by atoms with van der Waals surface area (Å²) in [4.78, 5) is 25.4. The molecule has 3 aromatic rings. The second kappa shape index (κ2) is 7.84. The molecule has 1 aromatic heterocycles. The second-order valence-electron chi connectivity index (χ2n) is 6.80. The Balaban J connectivity index is 2.10. The summed E-state index contributed by atoms with van der Waals surface area (Å²) in [6.45, 7) is 5.46. The Bertz CT molecular complexity index is 1050. The number of hydrogen-bond donors (Lipinski definition) is 1. The van der Waals surface area contributed by atoms with E-state index >= 15 is 0 Å². The number of carbonyl (C=O) groups is 2. The van der Waals surface area contributed by atoms with Crippen molar-refractivity contribution >= 4 is 22.8 Å². The Morgan fingerprint density at radius 1 is 1.21 bits per heavy atom. The third-order valence-corrected chi connectivity index (χ3v) is 4.82. The SMILES string of the molecule is CC[C@@H](C)OC(=O)Cc1c(C)n(C(=O)c2cccc(F)c2)c2ccc(O)cc12. The maximum absolute atomic E-state index is 13.6. The molecule has 1 N–H and O–H groups in total. The number of rotatable bonds is 5. The van der Waals surface area contributed by atoms with Crippen LogP contribution < -0.4 is 0 Å². The molecule has 2 aromatic carbocycles. The molecule has 3 rings (SSSR count). The van der Waals surface area contributed by atoms with E-state index in [1.165, 1.54) is 41.0 Å². The molecule has 0 aliphatic carbocycles. The fourth-order valence-corrected chi connectivity index (χ4v) is 3.20. The first-order valence-corrected chi connectivity index (χ1v) is 9.14. The smallest absolute Gasteiger partial charge is 0.310 e. The third kappa shape index (κ3) is 3.76. The Morgan fingerprint density at radius 3 is 2.64 bits per heavy atom. The number of halogens is 1. The number of phenols is 1. The summed E-state index contributed by atoms with van der Waals surface area (Å²) >= 11 is 0. The lowest BCUT2D eigenvalue weighted by Crippen LogP contribution is -2.17. The minimum atomic E-state index is -0.505. The van der Waals surface area contributed by atoms with Crippen LogP contribution in [0, 0.1) is 12.7 Å². The van der Waals surface area contributed by atoms with Gasteiger partial charge in [0.25, 0.3) is 5.91 Å². The van der Waals surface area contributed by atoms with E-state index in [0.29, 0.717) is 28.6 Å². The van der Waals surface area contributed by atoms with Gasteiger partial charge in [-0.25, -0.2) is 4.39 Å². The van der Waals surface area contributed by atoms with Gasteiger partial charge in [0, 0.05) is 16.6 Å². The topological polar surface area (TPSA) is 68.5 Å². The molecule has 0 saturated heterocycles. The van der Waals surface area contributed by atoms with Crippen molar-refractivity contribution in [1.29, 1.82) is 0 Å². The van der Waals surface area contributed by atoms with Crippen molar-refractivity contribution in [2.24, 2.45) is 0 Å². The van der Waals surface area contributed by atoms with E-state index < -0.39 is 17.7 Å². The molecule has 0 aliphatic heterocycles. The Morgan fingerprint density at radius 2 is 1.96 bits per heavy atom. The normalized spacial score (nSPS) is 12.1. The van der Waals surface area contributed by atoms with E-state index in [1.54, 1.807) is 13.0 Å². The van der Waals surface area contributed by atoms with E-state index in [4.69, 9.17) is 4.74 Å². The fourth-order valence-electron chi connectivity index (χ4n) is 3.20. The number of fused-ring (bicyclic) bond motifs is 1. The quantitative estimate of drug-likeness (QED) is 0.665. The molecule has 0 spiro atoms. The number of nitrogens with zero attached hydrogens (tertiary/aromatic N) is 1. The van der Waals surface area contributed by atoms with Crippen molar-refractivity contribution in [3.05, 3.63) is 65.1 Å². The van der Waals surface area contributed by atoms with Crippen molar-refractivity contribution < 1.29 is 23.8 Å². The standard InChI is InChI=1S/C22H22FNO4/c1-4-13(2)28-21(26)12-18-14(3)24(20-9-8-17(25)11-19(18)20)22(27)15-6-5-7-16(23)10-15/h5-11,13,25H,4,12H2,1-3H3/t13-/m1/s1. The first-order valence-electron chi connectivity index (χ1n) is 9.14.